The number of thiophene rings is 1. The molecule has 9 nitrogen and oxygen atoms in total. The Morgan fingerprint density at radius 3 is 2.50 bits per heavy atom. The van der Waals surface area contributed by atoms with Gasteiger partial charge in [-0.1, -0.05) is 18.2 Å². The minimum Gasteiger partial charge on any atom is -0.380 e. The molecule has 0 aliphatic rings. The lowest BCUT2D eigenvalue weighted by atomic mass is 10.0. The Bertz CT molecular complexity index is 1520. The lowest BCUT2D eigenvalue weighted by Crippen LogP contribution is -2.12. The van der Waals surface area contributed by atoms with Crippen LogP contribution in [0.3, 0.4) is 0 Å². The monoisotopic (exact) mass is 550 g/mol. The second-order valence-electron chi connectivity index (χ2n) is 7.92. The van der Waals surface area contributed by atoms with Crippen LogP contribution in [0.25, 0.3) is 21.0 Å². The summed E-state index contributed by atoms with van der Waals surface area (Å²) in [6.45, 7) is 3.42. The van der Waals surface area contributed by atoms with Gasteiger partial charge in [0, 0.05) is 28.1 Å². The molecule has 2 aromatic carbocycles. The number of nitrogens with one attached hydrogen (secondary N) is 1. The highest BCUT2D eigenvalue weighted by atomic mass is 35.5. The summed E-state index contributed by atoms with van der Waals surface area (Å²) in [5.74, 6) is -0.118. The average Bonchev–Trinajstić information content (AvgIpc) is 3.15. The van der Waals surface area contributed by atoms with Crippen molar-refractivity contribution in [2.45, 2.75) is 27.1 Å². The number of carbonyl (C=O) groups excluding carboxylic acids is 2. The molecule has 3 N–H and O–H groups in total. The number of ketones is 1. The molecule has 0 bridgehead atoms. The molecule has 0 saturated heterocycles. The van der Waals surface area contributed by atoms with E-state index in [0.29, 0.717) is 39.3 Å². The van der Waals surface area contributed by atoms with Crippen molar-refractivity contribution >= 4 is 70.1 Å². The number of nitrogens with zero attached hydrogens (tertiary/aromatic N) is 1. The van der Waals surface area contributed by atoms with E-state index >= 15 is 0 Å². The molecule has 0 aliphatic heterocycles. The molecule has 2 aromatic heterocycles. The predicted octanol–water partition coefficient (Wildman–Crippen LogP) is 5.39. The number of phosphoric ester groups is 1. The van der Waals surface area contributed by atoms with Gasteiger partial charge in [-0.25, -0.2) is 9.55 Å². The van der Waals surface area contributed by atoms with E-state index in [1.807, 2.05) is 13.0 Å². The van der Waals surface area contributed by atoms with Crippen molar-refractivity contribution in [2.24, 2.45) is 0 Å². The van der Waals surface area contributed by atoms with Crippen molar-refractivity contribution in [3.63, 3.8) is 0 Å². The highest BCUT2D eigenvalue weighted by Crippen LogP contribution is 2.38. The van der Waals surface area contributed by atoms with Gasteiger partial charge in [0.15, 0.2) is 5.78 Å². The SMILES string of the molecule is COCc1ccc(C(C)=O)c2sc(C(=O)Nc3ccc4c(COP(=O)(O)O)cccc4n3)c(C)c12.Cl. The number of amides is 1. The first kappa shape index (κ1) is 27.9. The smallest absolute Gasteiger partial charge is 0.380 e. The van der Waals surface area contributed by atoms with E-state index in [2.05, 4.69) is 14.8 Å². The molecular weight excluding hydrogens is 527 g/mol. The number of methoxy groups -OCH3 is 1. The van der Waals surface area contributed by atoms with Crippen molar-refractivity contribution < 1.29 is 33.2 Å². The summed E-state index contributed by atoms with van der Waals surface area (Å²) in [6, 6.07) is 12.0. The number of carbonyl (C=O) groups is 2. The molecule has 0 atom stereocenters. The van der Waals surface area contributed by atoms with Gasteiger partial charge in [-0.15, -0.1) is 23.7 Å². The number of aryl methyl sites for hydroxylation is 1. The highest BCUT2D eigenvalue weighted by Gasteiger charge is 2.22. The van der Waals surface area contributed by atoms with Crippen LogP contribution < -0.4 is 5.32 Å². The standard InChI is InChI=1S/C24H23N2O7PS.ClH/c1-13-21-16(11-32-3)7-8-17(14(2)27)23(21)35-22(13)24(28)26-20-10-9-18-15(12-33-34(29,30)31)5-4-6-19(18)25-20;/h4-10H,11-12H2,1-3H3,(H,25,26,28)(H2,29,30,31);1H. The van der Waals surface area contributed by atoms with E-state index in [9.17, 15) is 14.2 Å². The third-order valence-electron chi connectivity index (χ3n) is 5.50. The number of hydrogen-bond donors (Lipinski definition) is 3. The first-order chi connectivity index (χ1) is 16.6. The highest BCUT2D eigenvalue weighted by molar-refractivity contribution is 7.46. The van der Waals surface area contributed by atoms with Gasteiger partial charge >= 0.3 is 7.82 Å². The number of benzene rings is 2. The molecule has 0 aliphatic carbocycles. The zero-order valence-corrected chi connectivity index (χ0v) is 22.1. The summed E-state index contributed by atoms with van der Waals surface area (Å²) in [5, 5.41) is 4.31. The maximum atomic E-state index is 13.2. The van der Waals surface area contributed by atoms with E-state index in [-0.39, 0.29) is 30.7 Å². The second-order valence-corrected chi connectivity index (χ2v) is 10.2. The maximum Gasteiger partial charge on any atom is 0.469 e. The van der Waals surface area contributed by atoms with Gasteiger partial charge in [0.2, 0.25) is 0 Å². The van der Waals surface area contributed by atoms with Gasteiger partial charge in [0.1, 0.15) is 5.82 Å². The number of phosphoric acid groups is 1. The van der Waals surface area contributed by atoms with Gasteiger partial charge in [-0.05, 0) is 54.8 Å². The zero-order valence-electron chi connectivity index (χ0n) is 19.6. The molecular formula is C24H24ClN2O7PS. The van der Waals surface area contributed by atoms with Gasteiger partial charge in [-0.2, -0.15) is 0 Å². The second kappa shape index (κ2) is 11.1. The fourth-order valence-electron chi connectivity index (χ4n) is 3.94. The number of ether oxygens (including phenoxy) is 1. The number of halogens is 1. The lowest BCUT2D eigenvalue weighted by molar-refractivity contribution is 0.101. The Hall–Kier alpha value is -2.69. The van der Waals surface area contributed by atoms with Crippen molar-refractivity contribution in [3.8, 4) is 0 Å². The van der Waals surface area contributed by atoms with Gasteiger partial charge in [0.05, 0.1) is 23.6 Å². The molecule has 4 rings (SSSR count). The number of fused-ring (bicyclic) bond motifs is 2. The minimum absolute atomic E-state index is 0. The molecule has 12 heteroatoms. The van der Waals surface area contributed by atoms with Crippen LogP contribution in [0.15, 0.2) is 42.5 Å². The summed E-state index contributed by atoms with van der Waals surface area (Å²) in [7, 11) is -3.02. The van der Waals surface area contributed by atoms with Crippen LogP contribution in [0.1, 0.15) is 43.6 Å². The normalized spacial score (nSPS) is 11.5. The van der Waals surface area contributed by atoms with Crippen LogP contribution in [0, 0.1) is 6.92 Å². The Morgan fingerprint density at radius 2 is 1.83 bits per heavy atom. The van der Waals surface area contributed by atoms with E-state index in [4.69, 9.17) is 14.5 Å². The molecule has 0 fully saturated rings. The number of anilines is 1. The fraction of sp³-hybridized carbons (Fsp3) is 0.208. The van der Waals surface area contributed by atoms with E-state index in [0.717, 1.165) is 21.2 Å². The predicted molar refractivity (Wildman–Crippen MR) is 141 cm³/mol. The van der Waals surface area contributed by atoms with E-state index < -0.39 is 7.82 Å². The van der Waals surface area contributed by atoms with E-state index in [1.165, 1.54) is 18.3 Å². The molecule has 1 amide bonds. The first-order valence-electron chi connectivity index (χ1n) is 10.5. The largest absolute Gasteiger partial charge is 0.469 e. The Kier molecular flexibility index (Phi) is 8.63. The number of rotatable bonds is 8. The summed E-state index contributed by atoms with van der Waals surface area (Å²) >= 11 is 1.25. The Labute approximate surface area is 217 Å². The third kappa shape index (κ3) is 5.82. The number of hydrogen-bond acceptors (Lipinski definition) is 7. The molecule has 0 saturated carbocycles. The summed E-state index contributed by atoms with van der Waals surface area (Å²) in [6.07, 6.45) is 0. The van der Waals surface area contributed by atoms with Gasteiger partial charge < -0.3 is 19.8 Å². The Balaban J connectivity index is 0.00000361. The van der Waals surface area contributed by atoms with Crippen molar-refractivity contribution in [1.82, 2.24) is 4.98 Å². The van der Waals surface area contributed by atoms with Gasteiger partial charge in [0.25, 0.3) is 5.91 Å². The average molecular weight is 551 g/mol. The molecule has 190 valence electrons. The van der Waals surface area contributed by atoms with Crippen LogP contribution in [0.5, 0.6) is 0 Å². The van der Waals surface area contributed by atoms with Crippen molar-refractivity contribution in [1.29, 1.82) is 0 Å². The number of aromatic nitrogens is 1. The summed E-state index contributed by atoms with van der Waals surface area (Å²) in [4.78, 5) is 48.3. The van der Waals surface area contributed by atoms with Crippen molar-refractivity contribution in [3.05, 3.63) is 69.6 Å². The number of pyridine rings is 1. The maximum absolute atomic E-state index is 13.2. The topological polar surface area (TPSA) is 135 Å². The van der Waals surface area contributed by atoms with Gasteiger partial charge in [-0.3, -0.25) is 14.1 Å². The summed E-state index contributed by atoms with van der Waals surface area (Å²) < 4.78 is 21.7. The first-order valence-corrected chi connectivity index (χ1v) is 12.9. The third-order valence-corrected chi connectivity index (χ3v) is 7.29. The summed E-state index contributed by atoms with van der Waals surface area (Å²) in [5.41, 5.74) is 3.30. The van der Waals surface area contributed by atoms with Crippen molar-refractivity contribution in [2.75, 3.05) is 12.4 Å². The lowest BCUT2D eigenvalue weighted by Gasteiger charge is -2.10. The van der Waals surface area contributed by atoms with Crippen LogP contribution in [-0.2, 0) is 27.0 Å². The van der Waals surface area contributed by atoms with Crippen LogP contribution in [0.4, 0.5) is 5.82 Å². The van der Waals surface area contributed by atoms with Crippen LogP contribution in [-0.4, -0.2) is 33.6 Å². The molecule has 0 radical (unpaired) electrons. The van der Waals surface area contributed by atoms with E-state index in [1.54, 1.807) is 43.5 Å². The molecule has 0 unspecified atom stereocenters. The molecule has 36 heavy (non-hydrogen) atoms. The Morgan fingerprint density at radius 1 is 1.08 bits per heavy atom. The van der Waals surface area contributed by atoms with Crippen LogP contribution >= 0.6 is 31.6 Å². The minimum atomic E-state index is -4.61. The molecule has 0 spiro atoms. The fourth-order valence-corrected chi connectivity index (χ4v) is 5.56. The number of Topliss-reactive ketones (excluding diaryl/α,β-unsaturated/α-hetero) is 1. The molecule has 4 aromatic rings. The zero-order chi connectivity index (χ0) is 25.3. The van der Waals surface area contributed by atoms with Crippen LogP contribution in [0.2, 0.25) is 0 Å². The quantitative estimate of drug-likeness (QED) is 0.196. The molecule has 2 heterocycles.